The lowest BCUT2D eigenvalue weighted by Crippen LogP contribution is -2.35. The summed E-state index contributed by atoms with van der Waals surface area (Å²) in [5.74, 6) is 1.28. The second-order valence-corrected chi connectivity index (χ2v) is 9.09. The van der Waals surface area contributed by atoms with Crippen molar-refractivity contribution in [1.82, 2.24) is 4.67 Å². The second kappa shape index (κ2) is 4.90. The molecule has 1 heterocycles. The largest absolute Gasteiger partial charge is 0.306 e. The van der Waals surface area contributed by atoms with Gasteiger partial charge in [-0.25, -0.2) is 4.67 Å². The quantitative estimate of drug-likeness (QED) is 0.561. The minimum absolute atomic E-state index is 0.393. The van der Waals surface area contributed by atoms with Gasteiger partial charge in [-0.05, 0) is 52.4 Å². The molecule has 3 heteroatoms. The zero-order valence-corrected chi connectivity index (χ0v) is 12.5. The van der Waals surface area contributed by atoms with Crippen LogP contribution in [0.5, 0.6) is 0 Å². The van der Waals surface area contributed by atoms with Crippen molar-refractivity contribution in [2.24, 2.45) is 11.8 Å². The van der Waals surface area contributed by atoms with E-state index in [1.807, 2.05) is 0 Å². The summed E-state index contributed by atoms with van der Waals surface area (Å²) < 4.78 is 15.6. The van der Waals surface area contributed by atoms with E-state index >= 15 is 0 Å². The lowest BCUT2D eigenvalue weighted by molar-refractivity contribution is 0.300. The standard InChI is InChI=1S/C14H26NOP/c1-11(2)15(12(3)4)17(16)9-13-7-5-6-8-14(13)10-17/h5,7,11-14H,6,8-10H2,1-4H3/t13-,14+,17+/m1/s1. The molecule has 2 aliphatic rings. The van der Waals surface area contributed by atoms with Crippen LogP contribution in [0.15, 0.2) is 12.2 Å². The minimum atomic E-state index is -2.12. The summed E-state index contributed by atoms with van der Waals surface area (Å²) in [6.07, 6.45) is 8.92. The van der Waals surface area contributed by atoms with Crippen molar-refractivity contribution < 1.29 is 4.57 Å². The fraction of sp³-hybridized carbons (Fsp3) is 0.857. The number of hydrogen-bond donors (Lipinski definition) is 0. The monoisotopic (exact) mass is 255 g/mol. The van der Waals surface area contributed by atoms with Crippen LogP contribution in [0.4, 0.5) is 0 Å². The van der Waals surface area contributed by atoms with Gasteiger partial charge in [0.1, 0.15) is 0 Å². The van der Waals surface area contributed by atoms with Crippen LogP contribution >= 0.6 is 7.29 Å². The van der Waals surface area contributed by atoms with Gasteiger partial charge in [-0.15, -0.1) is 0 Å². The van der Waals surface area contributed by atoms with Crippen LogP contribution in [0.25, 0.3) is 0 Å². The van der Waals surface area contributed by atoms with Gasteiger partial charge in [-0.1, -0.05) is 12.2 Å². The lowest BCUT2D eigenvalue weighted by Gasteiger charge is -2.36. The summed E-state index contributed by atoms with van der Waals surface area (Å²) in [5, 5.41) is 0. The number of fused-ring (bicyclic) bond motifs is 1. The van der Waals surface area contributed by atoms with Gasteiger partial charge in [0.2, 0.25) is 0 Å². The Morgan fingerprint density at radius 3 is 2.35 bits per heavy atom. The molecule has 1 aliphatic heterocycles. The van der Waals surface area contributed by atoms with Crippen LogP contribution in [0.1, 0.15) is 40.5 Å². The Labute approximate surface area is 106 Å². The van der Waals surface area contributed by atoms with Crippen LogP contribution in [0.2, 0.25) is 0 Å². The summed E-state index contributed by atoms with van der Waals surface area (Å²) in [6, 6.07) is 0.787. The first kappa shape index (κ1) is 13.4. The van der Waals surface area contributed by atoms with E-state index in [1.54, 1.807) is 0 Å². The first-order valence-electron chi connectivity index (χ1n) is 6.97. The first-order chi connectivity index (χ1) is 7.94. The average Bonchev–Trinajstić information content (AvgIpc) is 2.52. The van der Waals surface area contributed by atoms with E-state index in [4.69, 9.17) is 0 Å². The Morgan fingerprint density at radius 2 is 1.82 bits per heavy atom. The highest BCUT2D eigenvalue weighted by Gasteiger charge is 2.46. The van der Waals surface area contributed by atoms with Gasteiger partial charge in [0, 0.05) is 24.4 Å². The summed E-state index contributed by atoms with van der Waals surface area (Å²) >= 11 is 0. The Morgan fingerprint density at radius 1 is 1.18 bits per heavy atom. The van der Waals surface area contributed by atoms with Gasteiger partial charge < -0.3 is 4.57 Å². The highest BCUT2D eigenvalue weighted by atomic mass is 31.2. The molecule has 0 aromatic rings. The fourth-order valence-corrected chi connectivity index (χ4v) is 8.26. The van der Waals surface area contributed by atoms with Crippen molar-refractivity contribution >= 4 is 7.29 Å². The van der Waals surface area contributed by atoms with E-state index < -0.39 is 7.29 Å². The molecule has 0 aromatic heterocycles. The molecule has 0 spiro atoms. The fourth-order valence-electron chi connectivity index (χ4n) is 3.79. The van der Waals surface area contributed by atoms with Crippen LogP contribution in [-0.2, 0) is 4.57 Å². The topological polar surface area (TPSA) is 20.3 Å². The Balaban J connectivity index is 2.20. The molecule has 1 aliphatic carbocycles. The average molecular weight is 255 g/mol. The van der Waals surface area contributed by atoms with E-state index in [0.29, 0.717) is 23.9 Å². The maximum absolute atomic E-state index is 13.3. The van der Waals surface area contributed by atoms with E-state index in [0.717, 1.165) is 12.3 Å². The summed E-state index contributed by atoms with van der Waals surface area (Å²) in [4.78, 5) is 0. The van der Waals surface area contributed by atoms with E-state index in [1.165, 1.54) is 12.8 Å². The van der Waals surface area contributed by atoms with Gasteiger partial charge >= 0.3 is 0 Å². The maximum Gasteiger partial charge on any atom is 0.151 e. The smallest absolute Gasteiger partial charge is 0.151 e. The van der Waals surface area contributed by atoms with Crippen molar-refractivity contribution in [3.8, 4) is 0 Å². The molecule has 2 nitrogen and oxygen atoms in total. The SMILES string of the molecule is CC(C)N(C(C)C)[P@@]1(=O)C[C@@H]2CCC=C[C@@H]2C1. The Bertz CT molecular complexity index is 340. The third kappa shape index (κ3) is 2.53. The van der Waals surface area contributed by atoms with Crippen LogP contribution in [0.3, 0.4) is 0 Å². The van der Waals surface area contributed by atoms with Crippen molar-refractivity contribution in [2.75, 3.05) is 12.3 Å². The van der Waals surface area contributed by atoms with Gasteiger partial charge in [0.25, 0.3) is 0 Å². The highest BCUT2D eigenvalue weighted by molar-refractivity contribution is 7.61. The maximum atomic E-state index is 13.3. The van der Waals surface area contributed by atoms with Crippen LogP contribution in [0, 0.1) is 11.8 Å². The third-order valence-electron chi connectivity index (χ3n) is 4.19. The number of nitrogens with zero attached hydrogens (tertiary/aromatic N) is 1. The lowest BCUT2D eigenvalue weighted by atomic mass is 9.87. The molecule has 0 radical (unpaired) electrons. The van der Waals surface area contributed by atoms with E-state index in [-0.39, 0.29) is 0 Å². The number of allylic oxidation sites excluding steroid dienone is 2. The molecule has 1 saturated heterocycles. The highest BCUT2D eigenvalue weighted by Crippen LogP contribution is 2.62. The molecule has 98 valence electrons. The number of rotatable bonds is 3. The Hall–Kier alpha value is -0.0700. The van der Waals surface area contributed by atoms with Crippen LogP contribution < -0.4 is 0 Å². The van der Waals surface area contributed by atoms with E-state index in [2.05, 4.69) is 44.5 Å². The molecule has 2 rings (SSSR count). The van der Waals surface area contributed by atoms with Crippen molar-refractivity contribution in [1.29, 1.82) is 0 Å². The number of hydrogen-bond acceptors (Lipinski definition) is 1. The Kier molecular flexibility index (Phi) is 3.85. The van der Waals surface area contributed by atoms with Crippen molar-refractivity contribution in [3.05, 3.63) is 12.2 Å². The van der Waals surface area contributed by atoms with Crippen LogP contribution in [-0.4, -0.2) is 29.1 Å². The van der Waals surface area contributed by atoms with Gasteiger partial charge in [-0.3, -0.25) is 0 Å². The van der Waals surface area contributed by atoms with Crippen molar-refractivity contribution in [2.45, 2.75) is 52.6 Å². The zero-order chi connectivity index (χ0) is 12.6. The summed E-state index contributed by atoms with van der Waals surface area (Å²) in [7, 11) is -2.12. The molecule has 0 bridgehead atoms. The van der Waals surface area contributed by atoms with Crippen molar-refractivity contribution in [3.63, 3.8) is 0 Å². The molecule has 0 aromatic carbocycles. The molecule has 0 unspecified atom stereocenters. The van der Waals surface area contributed by atoms with Gasteiger partial charge in [0.05, 0.1) is 0 Å². The normalized spacial score (nSPS) is 37.1. The summed E-state index contributed by atoms with van der Waals surface area (Å²) in [5.41, 5.74) is 0. The predicted molar refractivity (Wildman–Crippen MR) is 74.8 cm³/mol. The second-order valence-electron chi connectivity index (χ2n) is 6.21. The molecule has 0 saturated carbocycles. The molecule has 0 N–H and O–H groups in total. The molecule has 17 heavy (non-hydrogen) atoms. The molecule has 1 fully saturated rings. The zero-order valence-electron chi connectivity index (χ0n) is 11.6. The first-order valence-corrected chi connectivity index (χ1v) is 9.00. The van der Waals surface area contributed by atoms with Gasteiger partial charge in [0.15, 0.2) is 7.29 Å². The molecule has 3 atom stereocenters. The van der Waals surface area contributed by atoms with E-state index in [9.17, 15) is 4.57 Å². The molecular weight excluding hydrogens is 229 g/mol. The van der Waals surface area contributed by atoms with Gasteiger partial charge in [-0.2, -0.15) is 0 Å². The third-order valence-corrected chi connectivity index (χ3v) is 7.99. The minimum Gasteiger partial charge on any atom is -0.306 e. The molecular formula is C14H26NOP. The molecule has 0 amide bonds. The summed E-state index contributed by atoms with van der Waals surface area (Å²) in [6.45, 7) is 8.71. The predicted octanol–water partition coefficient (Wildman–Crippen LogP) is 3.98.